The van der Waals surface area contributed by atoms with Gasteiger partial charge in [-0.25, -0.2) is 9.18 Å². The summed E-state index contributed by atoms with van der Waals surface area (Å²) >= 11 is 6.33. The van der Waals surface area contributed by atoms with E-state index >= 15 is 4.39 Å². The van der Waals surface area contributed by atoms with Crippen LogP contribution in [0.1, 0.15) is 41.9 Å². The highest BCUT2D eigenvalue weighted by Crippen LogP contribution is 2.40. The number of anilines is 2. The van der Waals surface area contributed by atoms with Crippen LogP contribution in [-0.4, -0.2) is 71.6 Å². The third-order valence-electron chi connectivity index (χ3n) is 7.76. The Hall–Kier alpha value is -3.31. The van der Waals surface area contributed by atoms with Gasteiger partial charge in [-0.15, -0.1) is 0 Å². The van der Waals surface area contributed by atoms with Crippen molar-refractivity contribution in [3.63, 3.8) is 0 Å². The molecule has 0 radical (unpaired) electrons. The van der Waals surface area contributed by atoms with Crippen LogP contribution in [0.25, 0.3) is 11.1 Å². The molecule has 12 heteroatoms. The number of carboxylic acid groups (broad SMARTS) is 1. The summed E-state index contributed by atoms with van der Waals surface area (Å²) in [5, 5.41) is 13.5. The summed E-state index contributed by atoms with van der Waals surface area (Å²) in [6, 6.07) is 9.49. The summed E-state index contributed by atoms with van der Waals surface area (Å²) in [6.45, 7) is 7.19. The van der Waals surface area contributed by atoms with Gasteiger partial charge in [0, 0.05) is 66.8 Å². The monoisotopic (exact) mass is 579 g/mol. The van der Waals surface area contributed by atoms with Crippen molar-refractivity contribution < 1.29 is 27.5 Å². The molecule has 7 nitrogen and oxygen atoms in total. The zero-order valence-corrected chi connectivity index (χ0v) is 22.7. The molecule has 2 fully saturated rings. The van der Waals surface area contributed by atoms with Crippen LogP contribution >= 0.6 is 11.6 Å². The summed E-state index contributed by atoms with van der Waals surface area (Å²) in [5.41, 5.74) is 0.184. The molecule has 1 N–H and O–H groups in total. The summed E-state index contributed by atoms with van der Waals surface area (Å²) in [7, 11) is 0. The first-order valence-electron chi connectivity index (χ1n) is 13.3. The first-order chi connectivity index (χ1) is 19.1. The Kier molecular flexibility index (Phi) is 7.96. The predicted molar refractivity (Wildman–Crippen MR) is 146 cm³/mol. The number of carbonyl (C=O) groups is 1. The average Bonchev–Trinajstić information content (AvgIpc) is 3.40. The van der Waals surface area contributed by atoms with Gasteiger partial charge >= 0.3 is 12.1 Å². The van der Waals surface area contributed by atoms with Crippen LogP contribution in [-0.2, 0) is 6.18 Å². The lowest BCUT2D eigenvalue weighted by molar-refractivity contribution is -0.145. The number of aromatic carboxylic acids is 1. The van der Waals surface area contributed by atoms with Gasteiger partial charge in [-0.2, -0.15) is 18.3 Å². The van der Waals surface area contributed by atoms with Crippen molar-refractivity contribution in [3.05, 3.63) is 64.7 Å². The molecule has 2 aliphatic rings. The molecule has 0 aliphatic carbocycles. The Labute approximate surface area is 234 Å². The number of nitrogens with zero attached hydrogens (tertiary/aromatic N) is 5. The van der Waals surface area contributed by atoms with Gasteiger partial charge in [0.15, 0.2) is 5.69 Å². The molecule has 1 unspecified atom stereocenters. The van der Waals surface area contributed by atoms with E-state index in [9.17, 15) is 23.1 Å². The first-order valence-corrected chi connectivity index (χ1v) is 13.6. The van der Waals surface area contributed by atoms with Gasteiger partial charge in [-0.05, 0) is 49.7 Å². The maximum Gasteiger partial charge on any atom is 0.433 e. The minimum absolute atomic E-state index is 0.124. The van der Waals surface area contributed by atoms with Crippen LogP contribution in [0.2, 0.25) is 5.02 Å². The van der Waals surface area contributed by atoms with Crippen molar-refractivity contribution in [2.24, 2.45) is 0 Å². The first kappa shape index (κ1) is 28.2. The molecule has 2 saturated heterocycles. The van der Waals surface area contributed by atoms with Gasteiger partial charge in [0.2, 0.25) is 0 Å². The molecule has 1 atom stereocenters. The second-order valence-corrected chi connectivity index (χ2v) is 10.6. The smallest absolute Gasteiger partial charge is 0.433 e. The summed E-state index contributed by atoms with van der Waals surface area (Å²) in [6.07, 6.45) is -3.23. The fraction of sp³-hybridized carbons (Fsp3) is 0.429. The largest absolute Gasteiger partial charge is 0.478 e. The molecule has 214 valence electrons. The molecule has 1 aromatic heterocycles. The number of hydrogen-bond donors (Lipinski definition) is 1. The Morgan fingerprint density at radius 2 is 1.77 bits per heavy atom. The van der Waals surface area contributed by atoms with Gasteiger partial charge in [-0.3, -0.25) is 4.68 Å². The van der Waals surface area contributed by atoms with Crippen molar-refractivity contribution in [2.45, 2.75) is 32.0 Å². The fourth-order valence-corrected chi connectivity index (χ4v) is 5.85. The van der Waals surface area contributed by atoms with Crippen LogP contribution in [0.3, 0.4) is 0 Å². The second kappa shape index (κ2) is 11.3. The molecule has 0 spiro atoms. The van der Waals surface area contributed by atoms with Crippen molar-refractivity contribution >= 4 is 28.9 Å². The lowest BCUT2D eigenvalue weighted by Gasteiger charge is -2.37. The highest BCUT2D eigenvalue weighted by atomic mass is 35.5. The van der Waals surface area contributed by atoms with Crippen LogP contribution in [0, 0.1) is 5.82 Å². The molecule has 0 saturated carbocycles. The lowest BCUT2D eigenvalue weighted by Crippen LogP contribution is -2.46. The molecular formula is C28H30ClF4N5O2. The Balaban J connectivity index is 1.45. The van der Waals surface area contributed by atoms with Crippen LogP contribution in [0.5, 0.6) is 0 Å². The highest BCUT2D eigenvalue weighted by Gasteiger charge is 2.42. The number of carboxylic acids is 1. The average molecular weight is 580 g/mol. The zero-order chi connectivity index (χ0) is 28.6. The molecule has 2 aromatic carbocycles. The Bertz CT molecular complexity index is 1390. The fourth-order valence-electron chi connectivity index (χ4n) is 5.69. The van der Waals surface area contributed by atoms with Gasteiger partial charge in [0.1, 0.15) is 11.4 Å². The summed E-state index contributed by atoms with van der Waals surface area (Å²) in [5.74, 6) is -2.08. The third-order valence-corrected chi connectivity index (χ3v) is 8.00. The highest BCUT2D eigenvalue weighted by molar-refractivity contribution is 6.31. The quantitative estimate of drug-likeness (QED) is 0.359. The van der Waals surface area contributed by atoms with Crippen LogP contribution in [0.4, 0.5) is 28.9 Å². The molecule has 0 bridgehead atoms. The standard InChI is InChI=1S/C28H30ClF4N5O2/c1-2-35-10-12-36(13-11-35)19-6-8-21(24(30)15-19)22-7-5-18(29)14-25(22)37-9-3-4-20(17-37)38-26(28(31,32)33)23(16-34-38)27(39)40/h5-8,14-16,20H,2-4,9-13,17H2,1H3,(H,39,40). The van der Waals surface area contributed by atoms with Gasteiger partial charge in [-0.1, -0.05) is 24.6 Å². The normalized spacial score (nSPS) is 18.8. The topological polar surface area (TPSA) is 64.8 Å². The number of hydrogen-bond acceptors (Lipinski definition) is 5. The van der Waals surface area contributed by atoms with E-state index in [-0.39, 0.29) is 6.54 Å². The molecule has 2 aliphatic heterocycles. The molecule has 40 heavy (non-hydrogen) atoms. The number of rotatable bonds is 6. The van der Waals surface area contributed by atoms with Gasteiger partial charge in [0.25, 0.3) is 0 Å². The van der Waals surface area contributed by atoms with E-state index in [4.69, 9.17) is 11.6 Å². The van der Waals surface area contributed by atoms with E-state index in [1.807, 2.05) is 11.0 Å². The minimum Gasteiger partial charge on any atom is -0.478 e. The second-order valence-electron chi connectivity index (χ2n) is 10.1. The predicted octanol–water partition coefficient (Wildman–Crippen LogP) is 6.04. The molecule has 3 aromatic rings. The maximum absolute atomic E-state index is 15.6. The summed E-state index contributed by atoms with van der Waals surface area (Å²) < 4.78 is 58.0. The molecule has 3 heterocycles. The van der Waals surface area contributed by atoms with Gasteiger partial charge < -0.3 is 19.8 Å². The van der Waals surface area contributed by atoms with E-state index in [2.05, 4.69) is 21.8 Å². The minimum atomic E-state index is -4.89. The number of halogens is 5. The van der Waals surface area contributed by atoms with Crippen LogP contribution < -0.4 is 9.80 Å². The SMILES string of the molecule is CCN1CCN(c2ccc(-c3ccc(Cl)cc3N3CCCC(n4ncc(C(=O)O)c4C(F)(F)F)C3)c(F)c2)CC1. The number of piperidine rings is 1. The third kappa shape index (κ3) is 5.62. The Morgan fingerprint density at radius 1 is 1.05 bits per heavy atom. The zero-order valence-electron chi connectivity index (χ0n) is 22.0. The molecular weight excluding hydrogens is 550 g/mol. The summed E-state index contributed by atoms with van der Waals surface area (Å²) in [4.78, 5) is 17.8. The molecule has 0 amide bonds. The lowest BCUT2D eigenvalue weighted by atomic mass is 9.98. The van der Waals surface area contributed by atoms with E-state index in [1.54, 1.807) is 24.3 Å². The van der Waals surface area contributed by atoms with E-state index < -0.39 is 35.3 Å². The van der Waals surface area contributed by atoms with Crippen molar-refractivity contribution in [1.82, 2.24) is 14.7 Å². The number of alkyl halides is 3. The van der Waals surface area contributed by atoms with E-state index in [0.29, 0.717) is 41.2 Å². The number of piperazine rings is 1. The van der Waals surface area contributed by atoms with E-state index in [1.165, 1.54) is 6.07 Å². The molecule has 5 rings (SSSR count). The van der Waals surface area contributed by atoms with Crippen molar-refractivity contribution in [2.75, 3.05) is 55.6 Å². The van der Waals surface area contributed by atoms with E-state index in [0.717, 1.165) is 49.3 Å². The van der Waals surface area contributed by atoms with Crippen molar-refractivity contribution in [3.8, 4) is 11.1 Å². The van der Waals surface area contributed by atoms with Gasteiger partial charge in [0.05, 0.1) is 12.2 Å². The maximum atomic E-state index is 15.6. The Morgan fingerprint density at radius 3 is 2.42 bits per heavy atom. The van der Waals surface area contributed by atoms with Crippen molar-refractivity contribution in [1.29, 1.82) is 0 Å². The number of benzene rings is 2. The number of likely N-dealkylation sites (N-methyl/N-ethyl adjacent to an activating group) is 1. The van der Waals surface area contributed by atoms with Crippen LogP contribution in [0.15, 0.2) is 42.6 Å². The number of aromatic nitrogens is 2.